The van der Waals surface area contributed by atoms with Gasteiger partial charge in [-0.1, -0.05) is 52.8 Å². The summed E-state index contributed by atoms with van der Waals surface area (Å²) in [6.45, 7) is 11.8. The van der Waals surface area contributed by atoms with E-state index in [1.165, 1.54) is 0 Å². The molecule has 1 fully saturated rings. The Kier molecular flexibility index (Phi) is 5.97. The highest BCUT2D eigenvalue weighted by atomic mass is 16.2. The Bertz CT molecular complexity index is 736. The van der Waals surface area contributed by atoms with E-state index < -0.39 is 11.6 Å². The quantitative estimate of drug-likeness (QED) is 0.747. The maximum atomic E-state index is 12.7. The number of anilines is 1. The maximum Gasteiger partial charge on any atom is 0.325 e. The first kappa shape index (κ1) is 20.9. The number of hydrogen-bond donors (Lipinski definition) is 2. The summed E-state index contributed by atoms with van der Waals surface area (Å²) in [5.41, 5.74) is 0.618. The molecule has 2 rings (SSSR count). The van der Waals surface area contributed by atoms with Crippen molar-refractivity contribution < 1.29 is 14.4 Å². The van der Waals surface area contributed by atoms with Gasteiger partial charge in [0.05, 0.1) is 0 Å². The molecule has 148 valence electrons. The van der Waals surface area contributed by atoms with E-state index in [9.17, 15) is 14.4 Å². The fourth-order valence-electron chi connectivity index (χ4n) is 3.22. The van der Waals surface area contributed by atoms with Crippen molar-refractivity contribution in [1.82, 2.24) is 10.2 Å². The predicted octanol–water partition coefficient (Wildman–Crippen LogP) is 3.67. The molecule has 0 aromatic heterocycles. The van der Waals surface area contributed by atoms with Crippen molar-refractivity contribution in [3.05, 3.63) is 29.8 Å². The molecule has 1 aliphatic rings. The number of carbonyl (C=O) groups excluding carboxylic acids is 3. The van der Waals surface area contributed by atoms with E-state index in [4.69, 9.17) is 0 Å². The van der Waals surface area contributed by atoms with Crippen LogP contribution in [0.1, 0.15) is 59.9 Å². The van der Waals surface area contributed by atoms with E-state index in [1.807, 2.05) is 24.3 Å². The SMILES string of the molecule is CC(C)CCC1(C)NC(=O)N(CC(=O)Nc2ccccc2C(C)(C)C)C1=O. The Morgan fingerprint density at radius 3 is 2.44 bits per heavy atom. The zero-order valence-corrected chi connectivity index (χ0v) is 17.2. The van der Waals surface area contributed by atoms with Crippen LogP contribution in [0.2, 0.25) is 0 Å². The second-order valence-corrected chi connectivity index (χ2v) is 8.93. The number of amides is 4. The van der Waals surface area contributed by atoms with Crippen LogP contribution < -0.4 is 10.6 Å². The first-order valence-corrected chi connectivity index (χ1v) is 9.47. The summed E-state index contributed by atoms with van der Waals surface area (Å²) in [7, 11) is 0. The smallest absolute Gasteiger partial charge is 0.324 e. The lowest BCUT2D eigenvalue weighted by molar-refractivity contribution is -0.133. The third-order valence-corrected chi connectivity index (χ3v) is 4.88. The van der Waals surface area contributed by atoms with Crippen molar-refractivity contribution in [2.45, 2.75) is 65.3 Å². The van der Waals surface area contributed by atoms with Crippen LogP contribution in [0, 0.1) is 5.92 Å². The van der Waals surface area contributed by atoms with Gasteiger partial charge in [0.2, 0.25) is 5.91 Å². The number of imide groups is 1. The molecule has 0 spiro atoms. The molecule has 0 bridgehead atoms. The van der Waals surface area contributed by atoms with Gasteiger partial charge in [0.1, 0.15) is 12.1 Å². The fourth-order valence-corrected chi connectivity index (χ4v) is 3.22. The number of rotatable bonds is 6. The minimum Gasteiger partial charge on any atom is -0.324 e. The largest absolute Gasteiger partial charge is 0.325 e. The van der Waals surface area contributed by atoms with Crippen LogP contribution in [0.3, 0.4) is 0 Å². The van der Waals surface area contributed by atoms with Gasteiger partial charge in [-0.25, -0.2) is 4.79 Å². The van der Waals surface area contributed by atoms with Crippen molar-refractivity contribution >= 4 is 23.5 Å². The third kappa shape index (κ3) is 4.87. The highest BCUT2D eigenvalue weighted by Crippen LogP contribution is 2.29. The van der Waals surface area contributed by atoms with Gasteiger partial charge in [0, 0.05) is 5.69 Å². The molecule has 6 heteroatoms. The normalized spacial score (nSPS) is 20.2. The van der Waals surface area contributed by atoms with Gasteiger partial charge in [-0.15, -0.1) is 0 Å². The Morgan fingerprint density at radius 1 is 1.22 bits per heavy atom. The molecule has 4 amide bonds. The molecule has 1 aromatic carbocycles. The Labute approximate surface area is 161 Å². The molecular weight excluding hydrogens is 342 g/mol. The van der Waals surface area contributed by atoms with Crippen LogP contribution in [-0.2, 0) is 15.0 Å². The summed E-state index contributed by atoms with van der Waals surface area (Å²) in [4.78, 5) is 38.5. The number of carbonyl (C=O) groups is 3. The Balaban J connectivity index is 2.09. The number of nitrogens with one attached hydrogen (secondary N) is 2. The van der Waals surface area contributed by atoms with E-state index in [0.29, 0.717) is 18.0 Å². The number of hydrogen-bond acceptors (Lipinski definition) is 3. The summed E-state index contributed by atoms with van der Waals surface area (Å²) < 4.78 is 0. The summed E-state index contributed by atoms with van der Waals surface area (Å²) in [6.07, 6.45) is 1.38. The fraction of sp³-hybridized carbons (Fsp3) is 0.571. The Morgan fingerprint density at radius 2 is 1.85 bits per heavy atom. The average Bonchev–Trinajstić information content (AvgIpc) is 2.76. The van der Waals surface area contributed by atoms with Crippen LogP contribution in [-0.4, -0.2) is 34.8 Å². The number of benzene rings is 1. The van der Waals surface area contributed by atoms with Gasteiger partial charge in [-0.3, -0.25) is 14.5 Å². The second-order valence-electron chi connectivity index (χ2n) is 8.93. The zero-order chi connectivity index (χ0) is 20.4. The molecule has 1 aromatic rings. The molecule has 1 heterocycles. The van der Waals surface area contributed by atoms with E-state index in [1.54, 1.807) is 6.92 Å². The highest BCUT2D eigenvalue weighted by Gasteiger charge is 2.47. The molecule has 1 atom stereocenters. The van der Waals surface area contributed by atoms with Gasteiger partial charge >= 0.3 is 6.03 Å². The predicted molar refractivity (Wildman–Crippen MR) is 106 cm³/mol. The summed E-state index contributed by atoms with van der Waals surface area (Å²) in [6, 6.07) is 7.06. The van der Waals surface area contributed by atoms with E-state index >= 15 is 0 Å². The first-order chi connectivity index (χ1) is 12.4. The number of urea groups is 1. The monoisotopic (exact) mass is 373 g/mol. The van der Waals surface area contributed by atoms with Crippen LogP contribution in [0.4, 0.5) is 10.5 Å². The molecule has 2 N–H and O–H groups in total. The van der Waals surface area contributed by atoms with Gasteiger partial charge in [0.25, 0.3) is 5.91 Å². The van der Waals surface area contributed by atoms with Gasteiger partial charge in [0.15, 0.2) is 0 Å². The van der Waals surface area contributed by atoms with E-state index in [0.717, 1.165) is 16.9 Å². The van der Waals surface area contributed by atoms with Crippen LogP contribution in [0.5, 0.6) is 0 Å². The minimum absolute atomic E-state index is 0.139. The number of para-hydroxylation sites is 1. The van der Waals surface area contributed by atoms with Crippen molar-refractivity contribution in [2.75, 3.05) is 11.9 Å². The number of nitrogens with zero attached hydrogens (tertiary/aromatic N) is 1. The third-order valence-electron chi connectivity index (χ3n) is 4.88. The summed E-state index contributed by atoms with van der Waals surface area (Å²) in [5, 5.41) is 5.60. The van der Waals surface area contributed by atoms with E-state index in [2.05, 4.69) is 45.3 Å². The van der Waals surface area contributed by atoms with Crippen molar-refractivity contribution in [1.29, 1.82) is 0 Å². The topological polar surface area (TPSA) is 78.5 Å². The second kappa shape index (κ2) is 7.71. The zero-order valence-electron chi connectivity index (χ0n) is 17.2. The standard InChI is InChI=1S/C21H31N3O3/c1-14(2)11-12-21(6)18(26)24(19(27)23-21)13-17(25)22-16-10-8-7-9-15(16)20(3,4)5/h7-10,14H,11-13H2,1-6H3,(H,22,25)(H,23,27). The average molecular weight is 373 g/mol. The molecular formula is C21H31N3O3. The minimum atomic E-state index is -0.940. The lowest BCUT2D eigenvalue weighted by atomic mass is 9.86. The van der Waals surface area contributed by atoms with Crippen LogP contribution in [0.15, 0.2) is 24.3 Å². The molecule has 1 aliphatic heterocycles. The highest BCUT2D eigenvalue weighted by molar-refractivity contribution is 6.10. The Hall–Kier alpha value is -2.37. The summed E-state index contributed by atoms with van der Waals surface area (Å²) in [5.74, 6) is -0.298. The van der Waals surface area contributed by atoms with E-state index in [-0.39, 0.29) is 23.8 Å². The van der Waals surface area contributed by atoms with Crippen molar-refractivity contribution in [3.8, 4) is 0 Å². The van der Waals surface area contributed by atoms with Crippen LogP contribution >= 0.6 is 0 Å². The first-order valence-electron chi connectivity index (χ1n) is 9.47. The molecule has 0 saturated carbocycles. The van der Waals surface area contributed by atoms with Gasteiger partial charge in [-0.2, -0.15) is 0 Å². The van der Waals surface area contributed by atoms with Crippen molar-refractivity contribution in [3.63, 3.8) is 0 Å². The molecule has 1 unspecified atom stereocenters. The molecule has 0 radical (unpaired) electrons. The lowest BCUT2D eigenvalue weighted by Crippen LogP contribution is -2.44. The van der Waals surface area contributed by atoms with Crippen LogP contribution in [0.25, 0.3) is 0 Å². The van der Waals surface area contributed by atoms with Gasteiger partial charge < -0.3 is 10.6 Å². The maximum absolute atomic E-state index is 12.7. The van der Waals surface area contributed by atoms with Crippen molar-refractivity contribution in [2.24, 2.45) is 5.92 Å². The molecule has 27 heavy (non-hydrogen) atoms. The molecule has 6 nitrogen and oxygen atoms in total. The summed E-state index contributed by atoms with van der Waals surface area (Å²) >= 11 is 0. The lowest BCUT2D eigenvalue weighted by Gasteiger charge is -2.24. The molecule has 1 saturated heterocycles. The molecule has 0 aliphatic carbocycles. The van der Waals surface area contributed by atoms with Gasteiger partial charge in [-0.05, 0) is 42.7 Å².